The summed E-state index contributed by atoms with van der Waals surface area (Å²) in [5, 5.41) is 3.25. The van der Waals surface area contributed by atoms with Crippen molar-refractivity contribution in [1.29, 1.82) is 0 Å². The van der Waals surface area contributed by atoms with Crippen LogP contribution in [0.2, 0.25) is 0 Å². The lowest BCUT2D eigenvalue weighted by Gasteiger charge is -1.92. The lowest BCUT2D eigenvalue weighted by atomic mass is 10.8. The van der Waals surface area contributed by atoms with Crippen molar-refractivity contribution >= 4 is 26.5 Å². The van der Waals surface area contributed by atoms with E-state index in [-0.39, 0.29) is 4.62 Å². The molecule has 0 aliphatic carbocycles. The number of methoxy groups -OCH3 is 1. The predicted octanol–water partition coefficient (Wildman–Crippen LogP) is 0.514. The molecule has 0 unspecified atom stereocenters. The number of ether oxygens (including phenoxy) is 1. The molecule has 0 bridgehead atoms. The number of rotatable bonds is 2. The fourth-order valence-electron chi connectivity index (χ4n) is 0.202. The van der Waals surface area contributed by atoms with Gasteiger partial charge in [0.05, 0.1) is 7.11 Å². The van der Waals surface area contributed by atoms with Gasteiger partial charge in [0.1, 0.15) is 7.11 Å². The Kier molecular flexibility index (Phi) is 4.04. The first-order valence-electron chi connectivity index (χ1n) is 2.07. The quantitative estimate of drug-likeness (QED) is 0.367. The molecule has 4 nitrogen and oxygen atoms in total. The molecule has 0 N–H and O–H groups in total. The Morgan fingerprint density at radius 1 is 1.56 bits per heavy atom. The maximum absolute atomic E-state index is 10.4. The molecule has 0 spiro atoms. The fraction of sp³-hybridized carbons (Fsp3) is 0.500. The number of oxime groups is 1. The van der Waals surface area contributed by atoms with Crippen molar-refractivity contribution < 1.29 is 14.4 Å². The number of carbonyl (C=O) groups is 1. The monoisotopic (exact) mass is 195 g/mol. The van der Waals surface area contributed by atoms with Gasteiger partial charge in [0.2, 0.25) is 4.62 Å². The Bertz CT molecular complexity index is 134. The van der Waals surface area contributed by atoms with E-state index in [1.807, 2.05) is 0 Å². The van der Waals surface area contributed by atoms with Crippen LogP contribution in [0, 0.1) is 0 Å². The average Bonchev–Trinajstić information content (AvgIpc) is 1.87. The summed E-state index contributed by atoms with van der Waals surface area (Å²) in [6.45, 7) is 0. The summed E-state index contributed by atoms with van der Waals surface area (Å²) in [6, 6.07) is 0. The first-order chi connectivity index (χ1) is 4.22. The standard InChI is InChI=1S/C4H6BrNO3/c1-8-4(7)3(5)6-9-2/h1-2H3/b6-3-. The van der Waals surface area contributed by atoms with Gasteiger partial charge in [-0.2, -0.15) is 0 Å². The van der Waals surface area contributed by atoms with Crippen LogP contribution in [-0.2, 0) is 14.4 Å². The lowest BCUT2D eigenvalue weighted by molar-refractivity contribution is -0.132. The molecule has 0 aromatic rings. The number of esters is 1. The highest BCUT2D eigenvalue weighted by Gasteiger charge is 2.06. The normalized spacial score (nSPS) is 10.8. The van der Waals surface area contributed by atoms with Crippen LogP contribution < -0.4 is 0 Å². The summed E-state index contributed by atoms with van der Waals surface area (Å²) in [7, 11) is 2.60. The second-order valence-corrected chi connectivity index (χ2v) is 1.81. The molecule has 0 atom stereocenters. The number of carbonyl (C=O) groups excluding carboxylic acids is 1. The van der Waals surface area contributed by atoms with E-state index in [9.17, 15) is 4.79 Å². The summed E-state index contributed by atoms with van der Waals surface area (Å²) in [6.07, 6.45) is 0. The minimum Gasteiger partial charge on any atom is -0.464 e. The number of nitrogens with zero attached hydrogens (tertiary/aromatic N) is 1. The van der Waals surface area contributed by atoms with Gasteiger partial charge in [-0.25, -0.2) is 4.79 Å². The molecule has 0 aromatic heterocycles. The van der Waals surface area contributed by atoms with Crippen LogP contribution in [-0.4, -0.2) is 24.8 Å². The molecular weight excluding hydrogens is 190 g/mol. The van der Waals surface area contributed by atoms with Gasteiger partial charge in [-0.1, -0.05) is 5.16 Å². The largest absolute Gasteiger partial charge is 0.464 e. The summed E-state index contributed by atoms with van der Waals surface area (Å²) in [4.78, 5) is 14.7. The molecule has 0 fully saturated rings. The van der Waals surface area contributed by atoms with Crippen molar-refractivity contribution in [3.05, 3.63) is 0 Å². The van der Waals surface area contributed by atoms with Crippen LogP contribution in [0.3, 0.4) is 0 Å². The van der Waals surface area contributed by atoms with E-state index in [0.29, 0.717) is 0 Å². The predicted molar refractivity (Wildman–Crippen MR) is 35.4 cm³/mol. The summed E-state index contributed by atoms with van der Waals surface area (Å²) in [5.74, 6) is -0.558. The summed E-state index contributed by atoms with van der Waals surface area (Å²) < 4.78 is 4.29. The van der Waals surface area contributed by atoms with E-state index < -0.39 is 5.97 Å². The zero-order valence-electron chi connectivity index (χ0n) is 5.05. The van der Waals surface area contributed by atoms with E-state index in [0.717, 1.165) is 0 Å². The molecule has 0 saturated heterocycles. The molecule has 0 aliphatic heterocycles. The van der Waals surface area contributed by atoms with Gasteiger partial charge in [-0.15, -0.1) is 0 Å². The van der Waals surface area contributed by atoms with Crippen LogP contribution in [0.25, 0.3) is 0 Å². The van der Waals surface area contributed by atoms with Gasteiger partial charge in [-0.05, 0) is 15.9 Å². The minimum atomic E-state index is -0.558. The van der Waals surface area contributed by atoms with Crippen molar-refractivity contribution in [3.8, 4) is 0 Å². The van der Waals surface area contributed by atoms with Crippen molar-refractivity contribution in [2.75, 3.05) is 14.2 Å². The first kappa shape index (κ1) is 8.42. The SMILES string of the molecule is CO/N=C(\Br)C(=O)OC. The van der Waals surface area contributed by atoms with Crippen LogP contribution in [0.4, 0.5) is 0 Å². The van der Waals surface area contributed by atoms with Gasteiger partial charge < -0.3 is 9.57 Å². The van der Waals surface area contributed by atoms with Gasteiger partial charge in [0, 0.05) is 0 Å². The molecule has 9 heavy (non-hydrogen) atoms. The Balaban J connectivity index is 3.86. The highest BCUT2D eigenvalue weighted by molar-refractivity contribution is 9.19. The molecule has 0 amide bonds. The van der Waals surface area contributed by atoms with Crippen molar-refractivity contribution in [3.63, 3.8) is 0 Å². The van der Waals surface area contributed by atoms with Crippen molar-refractivity contribution in [1.82, 2.24) is 0 Å². The maximum atomic E-state index is 10.4. The van der Waals surface area contributed by atoms with Crippen molar-refractivity contribution in [2.24, 2.45) is 5.16 Å². The first-order valence-corrected chi connectivity index (χ1v) is 2.86. The molecular formula is C4H6BrNO3. The Morgan fingerprint density at radius 3 is 2.44 bits per heavy atom. The van der Waals surface area contributed by atoms with Crippen molar-refractivity contribution in [2.45, 2.75) is 0 Å². The number of hydrogen-bond donors (Lipinski definition) is 0. The molecule has 0 saturated carbocycles. The highest BCUT2D eigenvalue weighted by Crippen LogP contribution is 1.91. The van der Waals surface area contributed by atoms with E-state index in [1.54, 1.807) is 0 Å². The second kappa shape index (κ2) is 4.31. The molecule has 0 aliphatic rings. The van der Waals surface area contributed by atoms with Crippen LogP contribution in [0.15, 0.2) is 5.16 Å². The lowest BCUT2D eigenvalue weighted by Crippen LogP contribution is -2.08. The van der Waals surface area contributed by atoms with E-state index >= 15 is 0 Å². The maximum Gasteiger partial charge on any atom is 0.367 e. The topological polar surface area (TPSA) is 47.9 Å². The third-order valence-corrected chi connectivity index (χ3v) is 0.994. The molecule has 0 rings (SSSR count). The summed E-state index contributed by atoms with van der Waals surface area (Å²) >= 11 is 2.81. The Morgan fingerprint density at radius 2 is 2.11 bits per heavy atom. The van der Waals surface area contributed by atoms with Crippen LogP contribution >= 0.6 is 15.9 Å². The van der Waals surface area contributed by atoms with E-state index in [4.69, 9.17) is 0 Å². The average molecular weight is 196 g/mol. The zero-order chi connectivity index (χ0) is 7.28. The van der Waals surface area contributed by atoms with Crippen LogP contribution in [0.1, 0.15) is 0 Å². The Labute approximate surface area is 60.9 Å². The molecule has 5 heteroatoms. The van der Waals surface area contributed by atoms with Gasteiger partial charge >= 0.3 is 5.97 Å². The number of halogens is 1. The van der Waals surface area contributed by atoms with Gasteiger partial charge in [0.15, 0.2) is 0 Å². The molecule has 0 heterocycles. The van der Waals surface area contributed by atoms with Gasteiger partial charge in [0.25, 0.3) is 0 Å². The highest BCUT2D eigenvalue weighted by atomic mass is 79.9. The minimum absolute atomic E-state index is 0.0208. The zero-order valence-corrected chi connectivity index (χ0v) is 6.64. The molecule has 0 radical (unpaired) electrons. The smallest absolute Gasteiger partial charge is 0.367 e. The number of hydrogen-bond acceptors (Lipinski definition) is 4. The van der Waals surface area contributed by atoms with E-state index in [1.165, 1.54) is 14.2 Å². The fourth-order valence-corrected chi connectivity index (χ4v) is 0.508. The third-order valence-electron chi connectivity index (χ3n) is 0.525. The van der Waals surface area contributed by atoms with E-state index in [2.05, 4.69) is 30.7 Å². The summed E-state index contributed by atoms with van der Waals surface area (Å²) in [5.41, 5.74) is 0. The van der Waals surface area contributed by atoms with Gasteiger partial charge in [-0.3, -0.25) is 0 Å². The molecule has 0 aromatic carbocycles. The Hall–Kier alpha value is -0.580. The second-order valence-electron chi connectivity index (χ2n) is 1.06. The van der Waals surface area contributed by atoms with Crippen LogP contribution in [0.5, 0.6) is 0 Å². The third kappa shape index (κ3) is 3.07. The molecule has 52 valence electrons.